The second kappa shape index (κ2) is 9.96. The maximum atomic E-state index is 13.7. The first kappa shape index (κ1) is 23.5. The number of rotatable bonds is 7. The summed E-state index contributed by atoms with van der Waals surface area (Å²) in [7, 11) is 0. The van der Waals surface area contributed by atoms with Gasteiger partial charge in [-0.3, -0.25) is 4.99 Å². The molecule has 1 aromatic carbocycles. The highest BCUT2D eigenvalue weighted by molar-refractivity contribution is 5.84. The van der Waals surface area contributed by atoms with Gasteiger partial charge >= 0.3 is 6.18 Å². The number of nitrogens with zero attached hydrogens (tertiary/aromatic N) is 2. The van der Waals surface area contributed by atoms with E-state index in [1.54, 1.807) is 0 Å². The Morgan fingerprint density at radius 3 is 2.72 bits per heavy atom. The third-order valence-corrected chi connectivity index (χ3v) is 5.21. The SMILES string of the molecule is C=C(CC=CC(C)=CC)c1noc(-c2ccccc2C(F)(F)F)c1C(O)C1=CCCN=C1. The monoisotopic (exact) mass is 442 g/mol. The molecule has 3 rings (SSSR count). The van der Waals surface area contributed by atoms with E-state index in [0.29, 0.717) is 30.5 Å². The molecule has 1 aliphatic heterocycles. The van der Waals surface area contributed by atoms with E-state index in [0.717, 1.165) is 11.6 Å². The number of aliphatic hydroxyl groups excluding tert-OH is 1. The van der Waals surface area contributed by atoms with Gasteiger partial charge in [0, 0.05) is 18.3 Å². The molecule has 1 unspecified atom stereocenters. The zero-order chi connectivity index (χ0) is 23.3. The topological polar surface area (TPSA) is 58.6 Å². The second-order valence-corrected chi connectivity index (χ2v) is 7.49. The quantitative estimate of drug-likeness (QED) is 0.484. The minimum atomic E-state index is -4.60. The molecule has 2 aromatic rings. The first-order chi connectivity index (χ1) is 15.2. The van der Waals surface area contributed by atoms with Crippen molar-refractivity contribution in [2.24, 2.45) is 4.99 Å². The van der Waals surface area contributed by atoms with Crippen LogP contribution < -0.4 is 0 Å². The minimum absolute atomic E-state index is 0.130. The van der Waals surface area contributed by atoms with Crippen LogP contribution in [-0.4, -0.2) is 23.0 Å². The van der Waals surface area contributed by atoms with Crippen LogP contribution in [0.2, 0.25) is 0 Å². The van der Waals surface area contributed by atoms with Gasteiger partial charge in [-0.25, -0.2) is 0 Å². The van der Waals surface area contributed by atoms with Gasteiger partial charge in [0.15, 0.2) is 5.76 Å². The highest BCUT2D eigenvalue weighted by atomic mass is 19.4. The van der Waals surface area contributed by atoms with E-state index in [9.17, 15) is 18.3 Å². The molecule has 0 saturated carbocycles. The van der Waals surface area contributed by atoms with Crippen LogP contribution in [0.25, 0.3) is 16.9 Å². The van der Waals surface area contributed by atoms with Gasteiger partial charge in [0.25, 0.3) is 0 Å². The number of aliphatic imine (C=N–C) groups is 1. The van der Waals surface area contributed by atoms with Crippen molar-refractivity contribution in [1.82, 2.24) is 5.16 Å². The van der Waals surface area contributed by atoms with Crippen molar-refractivity contribution in [3.05, 3.63) is 83.1 Å². The molecule has 1 aromatic heterocycles. The van der Waals surface area contributed by atoms with Gasteiger partial charge in [0.2, 0.25) is 0 Å². The fraction of sp³-hybridized carbons (Fsp3) is 0.280. The Morgan fingerprint density at radius 2 is 2.06 bits per heavy atom. The molecule has 0 radical (unpaired) electrons. The number of allylic oxidation sites excluding steroid dienone is 5. The standard InChI is InChI=1S/C25H25F3N2O2/c1-4-16(2)9-7-10-17(3)22-21(23(31)18-11-8-14-29-15-18)24(32-30-22)19-12-5-6-13-20(19)25(26,27)28/h4-7,9,11-13,15,23,31H,3,8,10,14H2,1-2H3. The van der Waals surface area contributed by atoms with E-state index in [2.05, 4.69) is 16.7 Å². The summed E-state index contributed by atoms with van der Waals surface area (Å²) in [5, 5.41) is 15.2. The van der Waals surface area contributed by atoms with Gasteiger partial charge in [-0.15, -0.1) is 0 Å². The average Bonchev–Trinajstić information content (AvgIpc) is 3.23. The average molecular weight is 442 g/mol. The summed E-state index contributed by atoms with van der Waals surface area (Å²) in [6, 6.07) is 5.09. The fourth-order valence-electron chi connectivity index (χ4n) is 3.39. The lowest BCUT2D eigenvalue weighted by molar-refractivity contribution is -0.137. The van der Waals surface area contributed by atoms with E-state index >= 15 is 0 Å². The van der Waals surface area contributed by atoms with Crippen LogP contribution in [0.4, 0.5) is 13.2 Å². The Kier molecular flexibility index (Phi) is 7.30. The lowest BCUT2D eigenvalue weighted by Crippen LogP contribution is -2.11. The van der Waals surface area contributed by atoms with Crippen LogP contribution in [0.5, 0.6) is 0 Å². The van der Waals surface area contributed by atoms with Crippen LogP contribution in [0.3, 0.4) is 0 Å². The number of alkyl halides is 3. The van der Waals surface area contributed by atoms with Gasteiger partial charge in [0.05, 0.1) is 11.1 Å². The summed E-state index contributed by atoms with van der Waals surface area (Å²) in [5.74, 6) is -0.130. The Balaban J connectivity index is 2.12. The molecule has 0 saturated heterocycles. The molecule has 2 heterocycles. The lowest BCUT2D eigenvalue weighted by Gasteiger charge is -2.17. The molecule has 7 heteroatoms. The number of hydrogen-bond acceptors (Lipinski definition) is 4. The number of benzene rings is 1. The highest BCUT2D eigenvalue weighted by Crippen LogP contribution is 2.43. The maximum Gasteiger partial charge on any atom is 0.417 e. The number of dihydropyridines is 1. The van der Waals surface area contributed by atoms with Crippen molar-refractivity contribution >= 4 is 11.8 Å². The zero-order valence-corrected chi connectivity index (χ0v) is 18.0. The summed E-state index contributed by atoms with van der Waals surface area (Å²) in [5.41, 5.74) is 1.41. The molecule has 0 aliphatic carbocycles. The summed E-state index contributed by atoms with van der Waals surface area (Å²) in [6.07, 6.45) is 4.26. The normalized spacial score (nSPS) is 15.8. The Bertz CT molecular complexity index is 1100. The molecular weight excluding hydrogens is 417 g/mol. The predicted octanol–water partition coefficient (Wildman–Crippen LogP) is 6.72. The van der Waals surface area contributed by atoms with E-state index in [1.165, 1.54) is 24.4 Å². The van der Waals surface area contributed by atoms with Crippen molar-refractivity contribution < 1.29 is 22.8 Å². The van der Waals surface area contributed by atoms with Crippen LogP contribution in [0.15, 0.2) is 75.8 Å². The third-order valence-electron chi connectivity index (χ3n) is 5.21. The Morgan fingerprint density at radius 1 is 1.31 bits per heavy atom. The van der Waals surface area contributed by atoms with E-state index < -0.39 is 17.8 Å². The zero-order valence-electron chi connectivity index (χ0n) is 18.0. The van der Waals surface area contributed by atoms with Crippen molar-refractivity contribution in [3.8, 4) is 11.3 Å². The second-order valence-electron chi connectivity index (χ2n) is 7.49. The Hall–Kier alpha value is -3.19. The molecule has 32 heavy (non-hydrogen) atoms. The van der Waals surface area contributed by atoms with Crippen LogP contribution in [0, 0.1) is 0 Å². The number of halogens is 3. The first-order valence-electron chi connectivity index (χ1n) is 10.3. The molecule has 1 atom stereocenters. The predicted molar refractivity (Wildman–Crippen MR) is 120 cm³/mol. The molecule has 0 amide bonds. The van der Waals surface area contributed by atoms with Crippen LogP contribution >= 0.6 is 0 Å². The van der Waals surface area contributed by atoms with E-state index in [1.807, 2.05) is 38.2 Å². The fourth-order valence-corrected chi connectivity index (χ4v) is 3.39. The first-order valence-corrected chi connectivity index (χ1v) is 10.3. The largest absolute Gasteiger partial charge is 0.417 e. The lowest BCUT2D eigenvalue weighted by atomic mass is 9.91. The van der Waals surface area contributed by atoms with Crippen molar-refractivity contribution in [3.63, 3.8) is 0 Å². The van der Waals surface area contributed by atoms with Gasteiger partial charge in [0.1, 0.15) is 11.8 Å². The smallest absolute Gasteiger partial charge is 0.383 e. The highest BCUT2D eigenvalue weighted by Gasteiger charge is 2.37. The summed E-state index contributed by atoms with van der Waals surface area (Å²) >= 11 is 0. The Labute approximate surface area is 185 Å². The summed E-state index contributed by atoms with van der Waals surface area (Å²) < 4.78 is 46.4. The van der Waals surface area contributed by atoms with E-state index in [4.69, 9.17) is 4.52 Å². The van der Waals surface area contributed by atoms with Crippen molar-refractivity contribution in [2.75, 3.05) is 6.54 Å². The molecule has 4 nitrogen and oxygen atoms in total. The van der Waals surface area contributed by atoms with Gasteiger partial charge in [-0.2, -0.15) is 13.2 Å². The maximum absolute atomic E-state index is 13.7. The van der Waals surface area contributed by atoms with Crippen molar-refractivity contribution in [2.45, 2.75) is 39.0 Å². The van der Waals surface area contributed by atoms with E-state index in [-0.39, 0.29) is 22.6 Å². The molecule has 0 bridgehead atoms. The van der Waals surface area contributed by atoms with Crippen molar-refractivity contribution in [1.29, 1.82) is 0 Å². The third kappa shape index (κ3) is 5.16. The van der Waals surface area contributed by atoms with Gasteiger partial charge < -0.3 is 9.63 Å². The molecule has 1 N–H and O–H groups in total. The molecule has 1 aliphatic rings. The molecular formula is C25H25F3N2O2. The van der Waals surface area contributed by atoms with Crippen LogP contribution in [0.1, 0.15) is 49.6 Å². The summed E-state index contributed by atoms with van der Waals surface area (Å²) in [6.45, 7) is 8.50. The molecule has 0 spiro atoms. The molecule has 0 fully saturated rings. The summed E-state index contributed by atoms with van der Waals surface area (Å²) in [4.78, 5) is 4.18. The number of hydrogen-bond donors (Lipinski definition) is 1. The number of aromatic nitrogens is 1. The van der Waals surface area contributed by atoms with Gasteiger partial charge in [-0.1, -0.05) is 59.8 Å². The van der Waals surface area contributed by atoms with Crippen LogP contribution in [-0.2, 0) is 6.18 Å². The number of aliphatic hydroxyl groups is 1. The van der Waals surface area contributed by atoms with Gasteiger partial charge in [-0.05, 0) is 43.9 Å². The molecule has 168 valence electrons. The minimum Gasteiger partial charge on any atom is -0.383 e.